The van der Waals surface area contributed by atoms with Gasteiger partial charge in [0.25, 0.3) is 0 Å². The maximum atomic E-state index is 5.79. The van der Waals surface area contributed by atoms with E-state index in [0.717, 1.165) is 18.8 Å². The van der Waals surface area contributed by atoms with E-state index < -0.39 is 0 Å². The van der Waals surface area contributed by atoms with Crippen molar-refractivity contribution in [1.82, 2.24) is 4.90 Å². The molecule has 0 aromatic heterocycles. The first kappa shape index (κ1) is 11.8. The van der Waals surface area contributed by atoms with E-state index in [-0.39, 0.29) is 0 Å². The summed E-state index contributed by atoms with van der Waals surface area (Å²) in [5, 5.41) is 0. The van der Waals surface area contributed by atoms with Crippen LogP contribution in [-0.4, -0.2) is 23.5 Å². The minimum atomic E-state index is 0.892. The number of rotatable bonds is 5. The standard InChI is InChI=1S/C13H20N2S/c1-16-7-3-2-6-15-9-11-4-5-13(14)8-12(11)10-15/h4-5,8H,2-3,6-7,9-10,14H2,1H3. The first-order chi connectivity index (χ1) is 7.79. The number of nitrogen functional groups attached to an aromatic ring is 1. The molecule has 3 heteroatoms. The number of hydrogen-bond donors (Lipinski definition) is 1. The van der Waals surface area contributed by atoms with Crippen LogP contribution in [0.5, 0.6) is 0 Å². The Morgan fingerprint density at radius 2 is 2.06 bits per heavy atom. The van der Waals surface area contributed by atoms with Crippen LogP contribution in [0.3, 0.4) is 0 Å². The van der Waals surface area contributed by atoms with Crippen LogP contribution in [0.1, 0.15) is 24.0 Å². The van der Waals surface area contributed by atoms with Crippen LogP contribution >= 0.6 is 11.8 Å². The summed E-state index contributed by atoms with van der Waals surface area (Å²) < 4.78 is 0. The second-order valence-electron chi connectivity index (χ2n) is 4.44. The molecule has 2 rings (SSSR count). The highest BCUT2D eigenvalue weighted by atomic mass is 32.2. The maximum Gasteiger partial charge on any atom is 0.0317 e. The Hall–Kier alpha value is -0.670. The molecule has 0 spiro atoms. The van der Waals surface area contributed by atoms with E-state index in [2.05, 4.69) is 23.3 Å². The lowest BCUT2D eigenvalue weighted by molar-refractivity contribution is 0.280. The van der Waals surface area contributed by atoms with Crippen molar-refractivity contribution >= 4 is 17.4 Å². The van der Waals surface area contributed by atoms with E-state index in [1.54, 1.807) is 0 Å². The normalized spacial score (nSPS) is 15.3. The Morgan fingerprint density at radius 1 is 1.25 bits per heavy atom. The van der Waals surface area contributed by atoms with Gasteiger partial charge in [-0.2, -0.15) is 11.8 Å². The molecular formula is C13H20N2S. The fourth-order valence-corrected chi connectivity index (χ4v) is 2.72. The Kier molecular flexibility index (Phi) is 4.13. The van der Waals surface area contributed by atoms with Crippen molar-refractivity contribution < 1.29 is 0 Å². The fraction of sp³-hybridized carbons (Fsp3) is 0.538. The third kappa shape index (κ3) is 2.92. The molecule has 0 radical (unpaired) electrons. The van der Waals surface area contributed by atoms with Crippen LogP contribution in [-0.2, 0) is 13.1 Å². The molecule has 1 aromatic carbocycles. The lowest BCUT2D eigenvalue weighted by atomic mass is 10.1. The zero-order valence-electron chi connectivity index (χ0n) is 9.91. The lowest BCUT2D eigenvalue weighted by Gasteiger charge is -2.13. The molecule has 2 nitrogen and oxygen atoms in total. The van der Waals surface area contributed by atoms with Crippen LogP contribution < -0.4 is 5.73 Å². The highest BCUT2D eigenvalue weighted by Gasteiger charge is 2.17. The zero-order valence-corrected chi connectivity index (χ0v) is 10.7. The van der Waals surface area contributed by atoms with Crippen LogP contribution in [0, 0.1) is 0 Å². The topological polar surface area (TPSA) is 29.3 Å². The van der Waals surface area contributed by atoms with Crippen molar-refractivity contribution in [3.8, 4) is 0 Å². The highest BCUT2D eigenvalue weighted by molar-refractivity contribution is 7.98. The average Bonchev–Trinajstić information content (AvgIpc) is 2.66. The van der Waals surface area contributed by atoms with Gasteiger partial charge in [-0.25, -0.2) is 0 Å². The van der Waals surface area contributed by atoms with Crippen molar-refractivity contribution in [2.45, 2.75) is 25.9 Å². The van der Waals surface area contributed by atoms with Gasteiger partial charge in [0.15, 0.2) is 0 Å². The quantitative estimate of drug-likeness (QED) is 0.629. The van der Waals surface area contributed by atoms with Gasteiger partial charge in [-0.3, -0.25) is 4.90 Å². The van der Waals surface area contributed by atoms with E-state index in [4.69, 9.17) is 5.73 Å². The molecule has 16 heavy (non-hydrogen) atoms. The fourth-order valence-electron chi connectivity index (χ4n) is 2.22. The van der Waals surface area contributed by atoms with E-state index in [0.29, 0.717) is 0 Å². The predicted octanol–water partition coefficient (Wildman–Crippen LogP) is 2.73. The van der Waals surface area contributed by atoms with Gasteiger partial charge in [0, 0.05) is 18.8 Å². The number of unbranched alkanes of at least 4 members (excludes halogenated alkanes) is 1. The number of nitrogens with zero attached hydrogens (tertiary/aromatic N) is 1. The summed E-state index contributed by atoms with van der Waals surface area (Å²) in [6.45, 7) is 3.41. The Bertz CT molecular complexity index is 352. The third-order valence-corrected chi connectivity index (χ3v) is 3.79. The van der Waals surface area contributed by atoms with Gasteiger partial charge in [-0.05, 0) is 54.7 Å². The van der Waals surface area contributed by atoms with Crippen molar-refractivity contribution in [3.05, 3.63) is 29.3 Å². The van der Waals surface area contributed by atoms with Gasteiger partial charge in [-0.15, -0.1) is 0 Å². The Morgan fingerprint density at radius 3 is 2.88 bits per heavy atom. The highest BCUT2D eigenvalue weighted by Crippen LogP contribution is 2.24. The number of nitrogens with two attached hydrogens (primary N) is 1. The van der Waals surface area contributed by atoms with Crippen molar-refractivity contribution in [2.24, 2.45) is 0 Å². The Balaban J connectivity index is 1.81. The SMILES string of the molecule is CSCCCCN1Cc2ccc(N)cc2C1. The summed E-state index contributed by atoms with van der Waals surface area (Å²) in [5.41, 5.74) is 9.56. The predicted molar refractivity (Wildman–Crippen MR) is 72.6 cm³/mol. The second-order valence-corrected chi connectivity index (χ2v) is 5.42. The van der Waals surface area contributed by atoms with Gasteiger partial charge in [-0.1, -0.05) is 6.07 Å². The van der Waals surface area contributed by atoms with Crippen molar-refractivity contribution in [2.75, 3.05) is 24.3 Å². The molecule has 0 amide bonds. The first-order valence-corrected chi connectivity index (χ1v) is 7.27. The molecule has 0 saturated heterocycles. The molecule has 0 bridgehead atoms. The molecule has 88 valence electrons. The summed E-state index contributed by atoms with van der Waals surface area (Å²) in [6.07, 6.45) is 4.81. The molecular weight excluding hydrogens is 216 g/mol. The third-order valence-electron chi connectivity index (χ3n) is 3.09. The van der Waals surface area contributed by atoms with Gasteiger partial charge in [0.1, 0.15) is 0 Å². The average molecular weight is 236 g/mol. The summed E-state index contributed by atoms with van der Waals surface area (Å²) in [6, 6.07) is 6.31. The van der Waals surface area contributed by atoms with Crippen molar-refractivity contribution in [3.63, 3.8) is 0 Å². The molecule has 2 N–H and O–H groups in total. The van der Waals surface area contributed by atoms with E-state index in [1.807, 2.05) is 17.8 Å². The minimum Gasteiger partial charge on any atom is -0.399 e. The number of hydrogen-bond acceptors (Lipinski definition) is 3. The van der Waals surface area contributed by atoms with E-state index >= 15 is 0 Å². The van der Waals surface area contributed by atoms with Gasteiger partial charge in [0.2, 0.25) is 0 Å². The number of benzene rings is 1. The van der Waals surface area contributed by atoms with Crippen molar-refractivity contribution in [1.29, 1.82) is 0 Å². The van der Waals surface area contributed by atoms with Gasteiger partial charge < -0.3 is 5.73 Å². The van der Waals surface area contributed by atoms with Crippen LogP contribution in [0.15, 0.2) is 18.2 Å². The van der Waals surface area contributed by atoms with Gasteiger partial charge >= 0.3 is 0 Å². The second kappa shape index (κ2) is 5.60. The van der Waals surface area contributed by atoms with Crippen LogP contribution in [0.25, 0.3) is 0 Å². The first-order valence-electron chi connectivity index (χ1n) is 5.88. The molecule has 1 heterocycles. The molecule has 0 saturated carbocycles. The van der Waals surface area contributed by atoms with E-state index in [1.165, 1.54) is 36.3 Å². The molecule has 0 atom stereocenters. The van der Waals surface area contributed by atoms with E-state index in [9.17, 15) is 0 Å². The van der Waals surface area contributed by atoms with Gasteiger partial charge in [0.05, 0.1) is 0 Å². The monoisotopic (exact) mass is 236 g/mol. The summed E-state index contributed by atoms with van der Waals surface area (Å²) in [5.74, 6) is 1.29. The number of thioether (sulfide) groups is 1. The maximum absolute atomic E-state index is 5.79. The minimum absolute atomic E-state index is 0.892. The smallest absolute Gasteiger partial charge is 0.0317 e. The molecule has 0 fully saturated rings. The van der Waals surface area contributed by atoms with Crippen LogP contribution in [0.4, 0.5) is 5.69 Å². The molecule has 1 aliphatic rings. The zero-order chi connectivity index (χ0) is 11.4. The molecule has 1 aliphatic heterocycles. The summed E-state index contributed by atoms with van der Waals surface area (Å²) in [7, 11) is 0. The number of anilines is 1. The largest absolute Gasteiger partial charge is 0.399 e. The molecule has 0 aliphatic carbocycles. The lowest BCUT2D eigenvalue weighted by Crippen LogP contribution is -2.17. The summed E-state index contributed by atoms with van der Waals surface area (Å²) in [4.78, 5) is 2.52. The molecule has 1 aromatic rings. The number of fused-ring (bicyclic) bond motifs is 1. The molecule has 0 unspecified atom stereocenters. The summed E-state index contributed by atoms with van der Waals surface area (Å²) >= 11 is 1.94. The Labute approximate surface area is 102 Å². The van der Waals surface area contributed by atoms with Crippen LogP contribution in [0.2, 0.25) is 0 Å².